The van der Waals surface area contributed by atoms with Crippen molar-refractivity contribution in [2.24, 2.45) is 11.8 Å². The van der Waals surface area contributed by atoms with Crippen molar-refractivity contribution in [1.29, 1.82) is 0 Å². The molecule has 0 aromatic carbocycles. The van der Waals surface area contributed by atoms with Crippen molar-refractivity contribution in [3.05, 3.63) is 0 Å². The van der Waals surface area contributed by atoms with Gasteiger partial charge in [-0.05, 0) is 30.3 Å². The number of nitrogens with one attached hydrogen (secondary N) is 1. The fourth-order valence-corrected chi connectivity index (χ4v) is 3.86. The Morgan fingerprint density at radius 3 is 2.59 bits per heavy atom. The Morgan fingerprint density at radius 1 is 1.35 bits per heavy atom. The molecule has 4 nitrogen and oxygen atoms in total. The van der Waals surface area contributed by atoms with Crippen LogP contribution in [0.1, 0.15) is 12.8 Å². The number of piperazine rings is 1. The zero-order valence-corrected chi connectivity index (χ0v) is 11.0. The Balaban J connectivity index is 1.88. The summed E-state index contributed by atoms with van der Waals surface area (Å²) in [7, 11) is 0. The van der Waals surface area contributed by atoms with E-state index in [1.54, 1.807) is 0 Å². The third-order valence-corrected chi connectivity index (χ3v) is 4.87. The van der Waals surface area contributed by atoms with Gasteiger partial charge in [-0.1, -0.05) is 0 Å². The molecular weight excluding hydrogens is 236 g/mol. The summed E-state index contributed by atoms with van der Waals surface area (Å²) >= 11 is 1.96. The molecule has 0 aromatic rings. The average molecular weight is 258 g/mol. The summed E-state index contributed by atoms with van der Waals surface area (Å²) in [6.45, 7) is 4.71. The van der Waals surface area contributed by atoms with Gasteiger partial charge in [0.25, 0.3) is 0 Å². The number of carboxylic acids is 1. The highest BCUT2D eigenvalue weighted by atomic mass is 32.2. The van der Waals surface area contributed by atoms with Gasteiger partial charge in [-0.25, -0.2) is 0 Å². The third-order valence-electron chi connectivity index (χ3n) is 3.82. The normalized spacial score (nSPS) is 25.6. The van der Waals surface area contributed by atoms with E-state index in [2.05, 4.69) is 10.2 Å². The summed E-state index contributed by atoms with van der Waals surface area (Å²) in [6, 6.07) is 0. The van der Waals surface area contributed by atoms with Crippen molar-refractivity contribution in [2.45, 2.75) is 12.8 Å². The first-order chi connectivity index (χ1) is 8.27. The van der Waals surface area contributed by atoms with Crippen molar-refractivity contribution in [2.75, 3.05) is 44.2 Å². The molecule has 98 valence electrons. The molecular formula is C12H22N2O2S. The number of rotatable bonds is 4. The van der Waals surface area contributed by atoms with E-state index in [0.717, 1.165) is 57.1 Å². The number of hydrogen-bond acceptors (Lipinski definition) is 4. The van der Waals surface area contributed by atoms with Crippen molar-refractivity contribution >= 4 is 17.7 Å². The topological polar surface area (TPSA) is 52.6 Å². The lowest BCUT2D eigenvalue weighted by Crippen LogP contribution is -2.47. The third kappa shape index (κ3) is 3.86. The van der Waals surface area contributed by atoms with Gasteiger partial charge < -0.3 is 10.4 Å². The number of hydrogen-bond donors (Lipinski definition) is 2. The minimum absolute atomic E-state index is 0.158. The van der Waals surface area contributed by atoms with Crippen molar-refractivity contribution in [3.8, 4) is 0 Å². The zero-order valence-electron chi connectivity index (χ0n) is 10.2. The first-order valence-corrected chi connectivity index (χ1v) is 7.66. The van der Waals surface area contributed by atoms with Gasteiger partial charge in [0.15, 0.2) is 0 Å². The molecule has 2 N–H and O–H groups in total. The van der Waals surface area contributed by atoms with Crippen molar-refractivity contribution in [3.63, 3.8) is 0 Å². The van der Waals surface area contributed by atoms with Gasteiger partial charge in [-0.2, -0.15) is 11.8 Å². The van der Waals surface area contributed by atoms with Crippen LogP contribution in [0, 0.1) is 11.8 Å². The molecule has 0 radical (unpaired) electrons. The van der Waals surface area contributed by atoms with E-state index in [4.69, 9.17) is 0 Å². The number of thioether (sulfide) groups is 1. The second kappa shape index (κ2) is 6.61. The van der Waals surface area contributed by atoms with Gasteiger partial charge >= 0.3 is 5.97 Å². The predicted molar refractivity (Wildman–Crippen MR) is 70.5 cm³/mol. The van der Waals surface area contributed by atoms with Crippen LogP contribution in [-0.2, 0) is 4.79 Å². The maximum absolute atomic E-state index is 11.4. The average Bonchev–Trinajstić information content (AvgIpc) is 2.38. The first kappa shape index (κ1) is 13.2. The minimum atomic E-state index is -0.597. The Bertz CT molecular complexity index is 251. The summed E-state index contributed by atoms with van der Waals surface area (Å²) < 4.78 is 0. The fourth-order valence-electron chi connectivity index (χ4n) is 2.72. The van der Waals surface area contributed by atoms with Crippen molar-refractivity contribution < 1.29 is 9.90 Å². The van der Waals surface area contributed by atoms with Crippen LogP contribution in [-0.4, -0.2) is 60.2 Å². The highest BCUT2D eigenvalue weighted by molar-refractivity contribution is 7.99. The Hall–Kier alpha value is -0.260. The lowest BCUT2D eigenvalue weighted by Gasteiger charge is -2.33. The van der Waals surface area contributed by atoms with Crippen LogP contribution in [0.5, 0.6) is 0 Å². The maximum Gasteiger partial charge on any atom is 0.308 e. The largest absolute Gasteiger partial charge is 0.481 e. The molecule has 2 aliphatic rings. The molecule has 1 atom stereocenters. The van der Waals surface area contributed by atoms with E-state index >= 15 is 0 Å². The van der Waals surface area contributed by atoms with E-state index < -0.39 is 5.97 Å². The van der Waals surface area contributed by atoms with Crippen LogP contribution in [0.25, 0.3) is 0 Å². The minimum Gasteiger partial charge on any atom is -0.481 e. The molecule has 0 aliphatic carbocycles. The monoisotopic (exact) mass is 258 g/mol. The van der Waals surface area contributed by atoms with Crippen LogP contribution in [0.3, 0.4) is 0 Å². The van der Waals surface area contributed by atoms with Crippen molar-refractivity contribution in [1.82, 2.24) is 10.2 Å². The molecule has 2 rings (SSSR count). The molecule has 2 aliphatic heterocycles. The maximum atomic E-state index is 11.4. The summed E-state index contributed by atoms with van der Waals surface area (Å²) in [5, 5.41) is 12.7. The summed E-state index contributed by atoms with van der Waals surface area (Å²) in [4.78, 5) is 13.7. The molecule has 0 bridgehead atoms. The van der Waals surface area contributed by atoms with Crippen LogP contribution in [0.2, 0.25) is 0 Å². The molecule has 2 saturated heterocycles. The molecule has 0 saturated carbocycles. The molecule has 5 heteroatoms. The Labute approximate surface area is 107 Å². The SMILES string of the molecule is O=C(O)C(CN1CCNCC1)C1CCSCC1. The van der Waals surface area contributed by atoms with Gasteiger partial charge in [0.1, 0.15) is 0 Å². The van der Waals surface area contributed by atoms with E-state index in [9.17, 15) is 9.90 Å². The standard InChI is InChI=1S/C12H22N2O2S/c15-12(16)11(10-1-7-17-8-2-10)9-14-5-3-13-4-6-14/h10-11,13H,1-9H2,(H,15,16). The van der Waals surface area contributed by atoms with E-state index in [0.29, 0.717) is 5.92 Å². The first-order valence-electron chi connectivity index (χ1n) is 6.51. The highest BCUT2D eigenvalue weighted by Crippen LogP contribution is 2.29. The molecule has 0 spiro atoms. The van der Waals surface area contributed by atoms with Gasteiger partial charge in [-0.3, -0.25) is 9.69 Å². The number of nitrogens with zero attached hydrogens (tertiary/aromatic N) is 1. The number of carboxylic acid groups (broad SMARTS) is 1. The summed E-state index contributed by atoms with van der Waals surface area (Å²) in [6.07, 6.45) is 2.15. The highest BCUT2D eigenvalue weighted by Gasteiger charge is 2.31. The molecule has 0 amide bonds. The van der Waals surface area contributed by atoms with Crippen LogP contribution < -0.4 is 5.32 Å². The summed E-state index contributed by atoms with van der Waals surface area (Å²) in [5.74, 6) is 1.91. The number of aliphatic carboxylic acids is 1. The van der Waals surface area contributed by atoms with E-state index in [1.165, 1.54) is 0 Å². The summed E-state index contributed by atoms with van der Waals surface area (Å²) in [5.41, 5.74) is 0. The predicted octanol–water partition coefficient (Wildman–Crippen LogP) is 0.736. The molecule has 17 heavy (non-hydrogen) atoms. The fraction of sp³-hybridized carbons (Fsp3) is 0.917. The second-order valence-electron chi connectivity index (χ2n) is 4.95. The van der Waals surface area contributed by atoms with Gasteiger partial charge in [0, 0.05) is 32.7 Å². The van der Waals surface area contributed by atoms with Crippen LogP contribution in [0.15, 0.2) is 0 Å². The molecule has 2 heterocycles. The zero-order chi connectivity index (χ0) is 12.1. The number of carbonyl (C=O) groups is 1. The van der Waals surface area contributed by atoms with E-state index in [-0.39, 0.29) is 5.92 Å². The lowest BCUT2D eigenvalue weighted by molar-refractivity contribution is -0.144. The van der Waals surface area contributed by atoms with Crippen LogP contribution in [0.4, 0.5) is 0 Å². The Kier molecular flexibility index (Phi) is 5.13. The second-order valence-corrected chi connectivity index (χ2v) is 6.17. The van der Waals surface area contributed by atoms with Gasteiger partial charge in [-0.15, -0.1) is 0 Å². The quantitative estimate of drug-likeness (QED) is 0.779. The van der Waals surface area contributed by atoms with E-state index in [1.807, 2.05) is 11.8 Å². The van der Waals surface area contributed by atoms with Gasteiger partial charge in [0.05, 0.1) is 5.92 Å². The molecule has 0 aromatic heterocycles. The smallest absolute Gasteiger partial charge is 0.308 e. The van der Waals surface area contributed by atoms with Gasteiger partial charge in [0.2, 0.25) is 0 Å². The lowest BCUT2D eigenvalue weighted by atomic mass is 9.87. The molecule has 1 unspecified atom stereocenters. The molecule has 2 fully saturated rings. The Morgan fingerprint density at radius 2 is 2.00 bits per heavy atom. The van der Waals surface area contributed by atoms with Crippen LogP contribution >= 0.6 is 11.8 Å².